The summed E-state index contributed by atoms with van der Waals surface area (Å²) in [5, 5.41) is 0.656. The van der Waals surface area contributed by atoms with Gasteiger partial charge in [0.25, 0.3) is 0 Å². The zero-order chi connectivity index (χ0) is 11.6. The molecule has 3 heteroatoms. The van der Waals surface area contributed by atoms with Crippen molar-refractivity contribution in [2.75, 3.05) is 7.11 Å². The molecule has 0 radical (unpaired) electrons. The van der Waals surface area contributed by atoms with Crippen LogP contribution in [0.4, 0.5) is 0 Å². The van der Waals surface area contributed by atoms with Gasteiger partial charge in [-0.15, -0.1) is 0 Å². The lowest BCUT2D eigenvalue weighted by molar-refractivity contribution is -0.112. The van der Waals surface area contributed by atoms with Crippen molar-refractivity contribution in [2.24, 2.45) is 0 Å². The maximum Gasteiger partial charge on any atom is 0.130 e. The number of benzene rings is 1. The fourth-order valence-corrected chi connectivity index (χ4v) is 2.70. The fourth-order valence-electron chi connectivity index (χ4n) is 2.53. The molecule has 1 aliphatic rings. The Morgan fingerprint density at radius 3 is 2.62 bits per heavy atom. The van der Waals surface area contributed by atoms with Gasteiger partial charge in [0.1, 0.15) is 12.0 Å². The van der Waals surface area contributed by atoms with Crippen LogP contribution < -0.4 is 4.74 Å². The fraction of sp³-hybridized carbons (Fsp3) is 0.462. The zero-order valence-corrected chi connectivity index (χ0v) is 10.1. The first-order valence-corrected chi connectivity index (χ1v) is 5.90. The van der Waals surface area contributed by atoms with E-state index in [4.69, 9.17) is 16.3 Å². The van der Waals surface area contributed by atoms with E-state index in [1.807, 2.05) is 12.1 Å². The van der Waals surface area contributed by atoms with Crippen molar-refractivity contribution in [2.45, 2.75) is 31.1 Å². The molecule has 2 nitrogen and oxygen atoms in total. The molecule has 1 saturated carbocycles. The van der Waals surface area contributed by atoms with E-state index in [0.29, 0.717) is 5.02 Å². The van der Waals surface area contributed by atoms with Crippen molar-refractivity contribution in [1.29, 1.82) is 0 Å². The molecule has 1 aliphatic carbocycles. The summed E-state index contributed by atoms with van der Waals surface area (Å²) in [4.78, 5) is 11.4. The van der Waals surface area contributed by atoms with Crippen LogP contribution in [0.3, 0.4) is 0 Å². The molecule has 0 N–H and O–H groups in total. The molecule has 0 saturated heterocycles. The monoisotopic (exact) mass is 238 g/mol. The lowest BCUT2D eigenvalue weighted by atomic mass is 9.80. The van der Waals surface area contributed by atoms with Gasteiger partial charge in [0, 0.05) is 10.6 Å². The highest BCUT2D eigenvalue weighted by molar-refractivity contribution is 6.30. The number of halogens is 1. The first-order chi connectivity index (χ1) is 7.72. The highest BCUT2D eigenvalue weighted by Gasteiger charge is 2.37. The average Bonchev–Trinajstić information content (AvgIpc) is 2.78. The van der Waals surface area contributed by atoms with E-state index >= 15 is 0 Å². The van der Waals surface area contributed by atoms with Crippen molar-refractivity contribution >= 4 is 17.9 Å². The minimum absolute atomic E-state index is 0.379. The molecule has 86 valence electrons. The van der Waals surface area contributed by atoms with E-state index in [2.05, 4.69) is 0 Å². The minimum Gasteiger partial charge on any atom is -0.496 e. The first kappa shape index (κ1) is 11.5. The highest BCUT2D eigenvalue weighted by atomic mass is 35.5. The zero-order valence-electron chi connectivity index (χ0n) is 9.33. The van der Waals surface area contributed by atoms with Crippen LogP contribution in [0, 0.1) is 0 Å². The molecule has 1 aromatic rings. The lowest BCUT2D eigenvalue weighted by Gasteiger charge is -2.24. The Labute approximate surface area is 101 Å². The van der Waals surface area contributed by atoms with Crippen LogP contribution in [-0.2, 0) is 10.2 Å². The molecule has 0 unspecified atom stereocenters. The summed E-state index contributed by atoms with van der Waals surface area (Å²) in [6, 6.07) is 5.48. The second-order valence-corrected chi connectivity index (χ2v) is 4.76. The topological polar surface area (TPSA) is 26.3 Å². The van der Waals surface area contributed by atoms with Gasteiger partial charge in [0.15, 0.2) is 0 Å². The second kappa shape index (κ2) is 4.46. The molecule has 0 spiro atoms. The standard InChI is InChI=1S/C13H15ClO2/c1-16-12-5-4-10(14)8-11(12)13(9-15)6-2-3-7-13/h4-5,8-9H,2-3,6-7H2,1H3. The normalized spacial score (nSPS) is 18.4. The number of carbonyl (C=O) groups excluding carboxylic acids is 1. The average molecular weight is 239 g/mol. The molecule has 0 amide bonds. The maximum absolute atomic E-state index is 11.4. The van der Waals surface area contributed by atoms with Crippen molar-refractivity contribution in [3.63, 3.8) is 0 Å². The molecule has 16 heavy (non-hydrogen) atoms. The van der Waals surface area contributed by atoms with E-state index in [1.165, 1.54) is 0 Å². The quantitative estimate of drug-likeness (QED) is 0.755. The van der Waals surface area contributed by atoms with E-state index in [-0.39, 0.29) is 5.41 Å². The van der Waals surface area contributed by atoms with E-state index < -0.39 is 0 Å². The largest absolute Gasteiger partial charge is 0.496 e. The summed E-state index contributed by atoms with van der Waals surface area (Å²) in [7, 11) is 1.63. The van der Waals surface area contributed by atoms with Gasteiger partial charge in [0.05, 0.1) is 12.5 Å². The van der Waals surface area contributed by atoms with Gasteiger partial charge in [-0.05, 0) is 31.0 Å². The molecular formula is C13H15ClO2. The Morgan fingerprint density at radius 1 is 1.38 bits per heavy atom. The SMILES string of the molecule is COc1ccc(Cl)cc1C1(C=O)CCCC1. The Bertz CT molecular complexity index is 395. The van der Waals surface area contributed by atoms with Crippen LogP contribution in [0.25, 0.3) is 0 Å². The summed E-state index contributed by atoms with van der Waals surface area (Å²) < 4.78 is 5.32. The highest BCUT2D eigenvalue weighted by Crippen LogP contribution is 2.44. The van der Waals surface area contributed by atoms with Crippen molar-refractivity contribution in [1.82, 2.24) is 0 Å². The smallest absolute Gasteiger partial charge is 0.130 e. The van der Waals surface area contributed by atoms with Crippen molar-refractivity contribution < 1.29 is 9.53 Å². The molecule has 0 heterocycles. The van der Waals surface area contributed by atoms with Gasteiger partial charge in [-0.3, -0.25) is 0 Å². The number of hydrogen-bond donors (Lipinski definition) is 0. The van der Waals surface area contributed by atoms with Crippen molar-refractivity contribution in [3.8, 4) is 5.75 Å². The molecule has 0 aliphatic heterocycles. The third-order valence-electron chi connectivity index (χ3n) is 3.42. The molecule has 0 aromatic heterocycles. The molecule has 0 atom stereocenters. The summed E-state index contributed by atoms with van der Waals surface area (Å²) in [6.07, 6.45) is 5.04. The molecule has 1 fully saturated rings. The third kappa shape index (κ3) is 1.82. The molecular weight excluding hydrogens is 224 g/mol. The summed E-state index contributed by atoms with van der Waals surface area (Å²) in [5.41, 5.74) is 0.561. The number of aldehydes is 1. The summed E-state index contributed by atoms with van der Waals surface area (Å²) in [6.45, 7) is 0. The molecule has 0 bridgehead atoms. The first-order valence-electron chi connectivity index (χ1n) is 5.52. The van der Waals surface area contributed by atoms with E-state index in [0.717, 1.165) is 43.3 Å². The van der Waals surface area contributed by atoms with Gasteiger partial charge < -0.3 is 9.53 Å². The Balaban J connectivity index is 2.51. The van der Waals surface area contributed by atoms with Crippen LogP contribution in [0.15, 0.2) is 18.2 Å². The Morgan fingerprint density at radius 2 is 2.06 bits per heavy atom. The number of rotatable bonds is 3. The number of hydrogen-bond acceptors (Lipinski definition) is 2. The summed E-state index contributed by atoms with van der Waals surface area (Å²) in [5.74, 6) is 0.762. The number of ether oxygens (including phenoxy) is 1. The maximum atomic E-state index is 11.4. The van der Waals surface area contributed by atoms with E-state index in [9.17, 15) is 4.79 Å². The second-order valence-electron chi connectivity index (χ2n) is 4.33. The van der Waals surface area contributed by atoms with Crippen LogP contribution >= 0.6 is 11.6 Å². The van der Waals surface area contributed by atoms with Gasteiger partial charge in [-0.25, -0.2) is 0 Å². The Kier molecular flexibility index (Phi) is 3.20. The van der Waals surface area contributed by atoms with Gasteiger partial charge in [0.2, 0.25) is 0 Å². The molecule has 2 rings (SSSR count). The number of carbonyl (C=O) groups is 1. The van der Waals surface area contributed by atoms with E-state index in [1.54, 1.807) is 13.2 Å². The van der Waals surface area contributed by atoms with Crippen LogP contribution in [0.5, 0.6) is 5.75 Å². The number of methoxy groups -OCH3 is 1. The van der Waals surface area contributed by atoms with Crippen LogP contribution in [-0.4, -0.2) is 13.4 Å². The van der Waals surface area contributed by atoms with Gasteiger partial charge in [-0.2, -0.15) is 0 Å². The minimum atomic E-state index is -0.379. The lowest BCUT2D eigenvalue weighted by Crippen LogP contribution is -2.24. The summed E-state index contributed by atoms with van der Waals surface area (Å²) >= 11 is 6.00. The van der Waals surface area contributed by atoms with Gasteiger partial charge in [-0.1, -0.05) is 24.4 Å². The Hall–Kier alpha value is -1.02. The van der Waals surface area contributed by atoms with Crippen LogP contribution in [0.1, 0.15) is 31.2 Å². The van der Waals surface area contributed by atoms with Crippen LogP contribution in [0.2, 0.25) is 5.02 Å². The predicted molar refractivity (Wildman–Crippen MR) is 64.2 cm³/mol. The third-order valence-corrected chi connectivity index (χ3v) is 3.65. The van der Waals surface area contributed by atoms with Crippen molar-refractivity contribution in [3.05, 3.63) is 28.8 Å². The predicted octanol–water partition coefficient (Wildman–Crippen LogP) is 3.36. The van der Waals surface area contributed by atoms with Gasteiger partial charge >= 0.3 is 0 Å². The molecule has 1 aromatic carbocycles.